The summed E-state index contributed by atoms with van der Waals surface area (Å²) in [5, 5.41) is 3.26. The molecule has 0 aliphatic heterocycles. The molecule has 0 radical (unpaired) electrons. The van der Waals surface area contributed by atoms with Crippen LogP contribution in [0.5, 0.6) is 0 Å². The molecule has 0 saturated carbocycles. The molecule has 1 atom stereocenters. The molecule has 0 aromatic heterocycles. The van der Waals surface area contributed by atoms with Crippen LogP contribution < -0.4 is 5.32 Å². The first-order chi connectivity index (χ1) is 9.90. The van der Waals surface area contributed by atoms with Gasteiger partial charge in [-0.05, 0) is 71.5 Å². The van der Waals surface area contributed by atoms with E-state index in [4.69, 9.17) is 0 Å². The SMILES string of the molecule is CNC(Cc1ccc(I)cc1)c1cccc(S(C)(=O)=O)c1. The Morgan fingerprint density at radius 1 is 1.14 bits per heavy atom. The van der Waals surface area contributed by atoms with Gasteiger partial charge in [0, 0.05) is 15.9 Å². The predicted octanol–water partition coefficient (Wildman–Crippen LogP) is 3.20. The molecule has 3 nitrogen and oxygen atoms in total. The van der Waals surface area contributed by atoms with E-state index in [1.807, 2.05) is 13.1 Å². The molecule has 21 heavy (non-hydrogen) atoms. The van der Waals surface area contributed by atoms with Crippen LogP contribution in [0.15, 0.2) is 53.4 Å². The third-order valence-corrected chi connectivity index (χ3v) is 5.22. The molecule has 5 heteroatoms. The maximum atomic E-state index is 11.7. The maximum Gasteiger partial charge on any atom is 0.175 e. The van der Waals surface area contributed by atoms with Crippen molar-refractivity contribution >= 4 is 32.4 Å². The largest absolute Gasteiger partial charge is 0.313 e. The molecule has 0 bridgehead atoms. The molecule has 0 aliphatic rings. The zero-order valence-corrected chi connectivity index (χ0v) is 15.0. The summed E-state index contributed by atoms with van der Waals surface area (Å²) in [6.07, 6.45) is 2.06. The lowest BCUT2D eigenvalue weighted by atomic mass is 9.99. The van der Waals surface area contributed by atoms with E-state index < -0.39 is 9.84 Å². The van der Waals surface area contributed by atoms with E-state index in [1.54, 1.807) is 18.2 Å². The highest BCUT2D eigenvalue weighted by Crippen LogP contribution is 2.21. The molecule has 112 valence electrons. The van der Waals surface area contributed by atoms with Crippen molar-refractivity contribution in [3.8, 4) is 0 Å². The molecule has 1 unspecified atom stereocenters. The van der Waals surface area contributed by atoms with E-state index in [-0.39, 0.29) is 6.04 Å². The Kier molecular flexibility index (Phi) is 5.40. The van der Waals surface area contributed by atoms with Crippen molar-refractivity contribution in [1.29, 1.82) is 0 Å². The highest BCUT2D eigenvalue weighted by Gasteiger charge is 2.13. The summed E-state index contributed by atoms with van der Waals surface area (Å²) in [6, 6.07) is 15.6. The van der Waals surface area contributed by atoms with E-state index in [1.165, 1.54) is 15.4 Å². The van der Waals surface area contributed by atoms with Gasteiger partial charge in [-0.2, -0.15) is 0 Å². The Morgan fingerprint density at radius 2 is 1.81 bits per heavy atom. The third-order valence-electron chi connectivity index (χ3n) is 3.39. The van der Waals surface area contributed by atoms with Crippen molar-refractivity contribution in [3.05, 3.63) is 63.2 Å². The van der Waals surface area contributed by atoms with Crippen LogP contribution in [0.2, 0.25) is 0 Å². The van der Waals surface area contributed by atoms with Crippen LogP contribution in [0, 0.1) is 3.57 Å². The summed E-state index contributed by atoms with van der Waals surface area (Å²) in [4.78, 5) is 0.364. The highest BCUT2D eigenvalue weighted by molar-refractivity contribution is 14.1. The van der Waals surface area contributed by atoms with E-state index in [2.05, 4.69) is 52.2 Å². The molecule has 0 heterocycles. The van der Waals surface area contributed by atoms with Crippen molar-refractivity contribution < 1.29 is 8.42 Å². The van der Waals surface area contributed by atoms with E-state index >= 15 is 0 Å². The van der Waals surface area contributed by atoms with Crippen molar-refractivity contribution in [2.75, 3.05) is 13.3 Å². The van der Waals surface area contributed by atoms with Crippen molar-refractivity contribution in [3.63, 3.8) is 0 Å². The fourth-order valence-corrected chi connectivity index (χ4v) is 3.24. The quantitative estimate of drug-likeness (QED) is 0.764. The standard InChI is InChI=1S/C16H18INO2S/c1-18-16(10-12-6-8-14(17)9-7-12)13-4-3-5-15(11-13)21(2,19)20/h3-9,11,16,18H,10H2,1-2H3. The summed E-state index contributed by atoms with van der Waals surface area (Å²) in [5.74, 6) is 0. The number of hydrogen-bond donors (Lipinski definition) is 1. The molecule has 1 N–H and O–H groups in total. The maximum absolute atomic E-state index is 11.7. The predicted molar refractivity (Wildman–Crippen MR) is 94.2 cm³/mol. The molecular formula is C16H18INO2S. The molecule has 0 amide bonds. The molecule has 0 saturated heterocycles. The Morgan fingerprint density at radius 3 is 2.38 bits per heavy atom. The third kappa shape index (κ3) is 4.52. The van der Waals surface area contributed by atoms with Gasteiger partial charge in [0.1, 0.15) is 0 Å². The number of hydrogen-bond acceptors (Lipinski definition) is 3. The van der Waals surface area contributed by atoms with Gasteiger partial charge in [-0.25, -0.2) is 8.42 Å². The van der Waals surface area contributed by atoms with E-state index in [0.29, 0.717) is 4.90 Å². The van der Waals surface area contributed by atoms with Crippen LogP contribution >= 0.6 is 22.6 Å². The molecule has 0 aliphatic carbocycles. The molecule has 0 spiro atoms. The van der Waals surface area contributed by atoms with E-state index in [9.17, 15) is 8.42 Å². The first-order valence-electron chi connectivity index (χ1n) is 6.62. The highest BCUT2D eigenvalue weighted by atomic mass is 127. The second kappa shape index (κ2) is 6.89. The minimum absolute atomic E-state index is 0.0896. The summed E-state index contributed by atoms with van der Waals surface area (Å²) >= 11 is 2.28. The van der Waals surface area contributed by atoms with Gasteiger partial charge in [0.15, 0.2) is 9.84 Å². The lowest BCUT2D eigenvalue weighted by molar-refractivity contribution is 0.587. The van der Waals surface area contributed by atoms with Crippen LogP contribution in [-0.2, 0) is 16.3 Å². The van der Waals surface area contributed by atoms with Crippen LogP contribution in [0.3, 0.4) is 0 Å². The normalized spacial score (nSPS) is 13.1. The van der Waals surface area contributed by atoms with Gasteiger partial charge in [0.05, 0.1) is 4.90 Å². The van der Waals surface area contributed by atoms with Gasteiger partial charge in [-0.1, -0.05) is 24.3 Å². The van der Waals surface area contributed by atoms with Crippen LogP contribution in [0.25, 0.3) is 0 Å². The van der Waals surface area contributed by atoms with Gasteiger partial charge in [0.2, 0.25) is 0 Å². The number of nitrogens with one attached hydrogen (secondary N) is 1. The number of rotatable bonds is 5. The van der Waals surface area contributed by atoms with Gasteiger partial charge in [-0.3, -0.25) is 0 Å². The second-order valence-corrected chi connectivity index (χ2v) is 8.28. The second-order valence-electron chi connectivity index (χ2n) is 5.02. The van der Waals surface area contributed by atoms with Gasteiger partial charge in [0.25, 0.3) is 0 Å². The number of halogens is 1. The van der Waals surface area contributed by atoms with Crippen molar-refractivity contribution in [2.45, 2.75) is 17.4 Å². The minimum atomic E-state index is -3.17. The topological polar surface area (TPSA) is 46.2 Å². The summed E-state index contributed by atoms with van der Waals surface area (Å²) in [7, 11) is -1.28. The number of benzene rings is 2. The summed E-state index contributed by atoms with van der Waals surface area (Å²) in [6.45, 7) is 0. The molecule has 2 aromatic rings. The molecule has 2 rings (SSSR count). The fraction of sp³-hybridized carbons (Fsp3) is 0.250. The van der Waals surface area contributed by atoms with Crippen LogP contribution in [0.1, 0.15) is 17.2 Å². The lowest BCUT2D eigenvalue weighted by Gasteiger charge is -2.17. The monoisotopic (exact) mass is 415 g/mol. The molecule has 2 aromatic carbocycles. The minimum Gasteiger partial charge on any atom is -0.313 e. The number of sulfone groups is 1. The first kappa shape index (κ1) is 16.5. The van der Waals surface area contributed by atoms with Crippen molar-refractivity contribution in [1.82, 2.24) is 5.32 Å². The van der Waals surface area contributed by atoms with Gasteiger partial charge < -0.3 is 5.32 Å². The Hall–Kier alpha value is -0.920. The Balaban J connectivity index is 2.27. The van der Waals surface area contributed by atoms with Crippen LogP contribution in [0.4, 0.5) is 0 Å². The van der Waals surface area contributed by atoms with Gasteiger partial charge >= 0.3 is 0 Å². The number of likely N-dealkylation sites (N-methyl/N-ethyl adjacent to an activating group) is 1. The average molecular weight is 415 g/mol. The average Bonchev–Trinajstić information content (AvgIpc) is 2.46. The zero-order valence-electron chi connectivity index (χ0n) is 12.0. The lowest BCUT2D eigenvalue weighted by Crippen LogP contribution is -2.19. The Bertz CT molecular complexity index is 711. The fourth-order valence-electron chi connectivity index (χ4n) is 2.20. The van der Waals surface area contributed by atoms with Gasteiger partial charge in [-0.15, -0.1) is 0 Å². The van der Waals surface area contributed by atoms with Crippen LogP contribution in [-0.4, -0.2) is 21.7 Å². The first-order valence-corrected chi connectivity index (χ1v) is 9.59. The van der Waals surface area contributed by atoms with Crippen molar-refractivity contribution in [2.24, 2.45) is 0 Å². The molecule has 0 fully saturated rings. The van der Waals surface area contributed by atoms with E-state index in [0.717, 1.165) is 12.0 Å². The summed E-state index contributed by atoms with van der Waals surface area (Å²) < 4.78 is 24.5. The Labute approximate surface area is 139 Å². The zero-order chi connectivity index (χ0) is 15.5. The summed E-state index contributed by atoms with van der Waals surface area (Å²) in [5.41, 5.74) is 2.21. The molecular weight excluding hydrogens is 397 g/mol. The smallest absolute Gasteiger partial charge is 0.175 e.